The van der Waals surface area contributed by atoms with Crippen LogP contribution >= 0.6 is 0 Å². The van der Waals surface area contributed by atoms with Crippen LogP contribution in [0.2, 0.25) is 0 Å². The highest BCUT2D eigenvalue weighted by Gasteiger charge is 2.27. The molecular formula is C10H20O2. The smallest absolute Gasteiger partial charge is 0.0648 e. The van der Waals surface area contributed by atoms with Gasteiger partial charge in [-0.2, -0.15) is 0 Å². The monoisotopic (exact) mass is 172 g/mol. The molecule has 0 spiro atoms. The number of aliphatic hydroxyl groups is 1. The minimum Gasteiger partial charge on any atom is -0.390 e. The Morgan fingerprint density at radius 3 is 2.50 bits per heavy atom. The molecule has 1 saturated carbocycles. The Morgan fingerprint density at radius 2 is 1.92 bits per heavy atom. The van der Waals surface area contributed by atoms with E-state index in [4.69, 9.17) is 4.74 Å². The van der Waals surface area contributed by atoms with Gasteiger partial charge in [-0.15, -0.1) is 0 Å². The zero-order chi connectivity index (χ0) is 8.86. The maximum atomic E-state index is 10.0. The second-order valence-electron chi connectivity index (χ2n) is 3.88. The molecule has 0 saturated heterocycles. The number of rotatable bonds is 4. The van der Waals surface area contributed by atoms with E-state index in [-0.39, 0.29) is 5.60 Å². The van der Waals surface area contributed by atoms with Gasteiger partial charge in [0.25, 0.3) is 0 Å². The van der Waals surface area contributed by atoms with Gasteiger partial charge in [0.2, 0.25) is 0 Å². The standard InChI is InChI=1S/C10H20O2/c1-12-9-5-8-10(11)6-3-2-4-7-10/h11H,2-9H2,1H3. The molecule has 0 heterocycles. The first-order valence-corrected chi connectivity index (χ1v) is 4.98. The van der Waals surface area contributed by atoms with Gasteiger partial charge < -0.3 is 9.84 Å². The molecule has 1 N–H and O–H groups in total. The Hall–Kier alpha value is -0.0800. The highest BCUT2D eigenvalue weighted by molar-refractivity contribution is 4.81. The van der Waals surface area contributed by atoms with Crippen LogP contribution in [0.4, 0.5) is 0 Å². The Labute approximate surface area is 74.9 Å². The molecule has 1 aliphatic rings. The molecule has 0 unspecified atom stereocenters. The van der Waals surface area contributed by atoms with Crippen molar-refractivity contribution in [3.05, 3.63) is 0 Å². The third-order valence-electron chi connectivity index (χ3n) is 2.77. The van der Waals surface area contributed by atoms with Crippen molar-refractivity contribution in [3.63, 3.8) is 0 Å². The molecule has 0 aromatic carbocycles. The van der Waals surface area contributed by atoms with Gasteiger partial charge in [-0.25, -0.2) is 0 Å². The van der Waals surface area contributed by atoms with E-state index in [1.54, 1.807) is 7.11 Å². The average molecular weight is 172 g/mol. The fourth-order valence-corrected chi connectivity index (χ4v) is 2.01. The van der Waals surface area contributed by atoms with E-state index in [9.17, 15) is 5.11 Å². The van der Waals surface area contributed by atoms with Crippen LogP contribution in [0, 0.1) is 0 Å². The van der Waals surface area contributed by atoms with E-state index in [0.29, 0.717) is 0 Å². The van der Waals surface area contributed by atoms with Crippen LogP contribution < -0.4 is 0 Å². The lowest BCUT2D eigenvalue weighted by Gasteiger charge is -2.31. The summed E-state index contributed by atoms with van der Waals surface area (Å²) in [7, 11) is 1.71. The van der Waals surface area contributed by atoms with Crippen LogP contribution in [0.5, 0.6) is 0 Å². The Kier molecular flexibility index (Phi) is 4.02. The second kappa shape index (κ2) is 4.83. The molecule has 0 atom stereocenters. The van der Waals surface area contributed by atoms with Gasteiger partial charge >= 0.3 is 0 Å². The summed E-state index contributed by atoms with van der Waals surface area (Å²) in [5.41, 5.74) is -0.350. The summed E-state index contributed by atoms with van der Waals surface area (Å²) < 4.78 is 4.97. The SMILES string of the molecule is COCCCC1(O)CCCCC1. The summed E-state index contributed by atoms with van der Waals surface area (Å²) in [6, 6.07) is 0. The first-order chi connectivity index (χ1) is 5.77. The summed E-state index contributed by atoms with van der Waals surface area (Å²) in [6.07, 6.45) is 7.60. The number of ether oxygens (including phenoxy) is 1. The maximum Gasteiger partial charge on any atom is 0.0648 e. The first kappa shape index (κ1) is 10.0. The van der Waals surface area contributed by atoms with Crippen LogP contribution in [-0.2, 0) is 4.74 Å². The van der Waals surface area contributed by atoms with Crippen molar-refractivity contribution in [3.8, 4) is 0 Å². The summed E-state index contributed by atoms with van der Waals surface area (Å²) >= 11 is 0. The molecule has 0 aromatic heterocycles. The summed E-state index contributed by atoms with van der Waals surface area (Å²) in [5.74, 6) is 0. The zero-order valence-electron chi connectivity index (χ0n) is 8.01. The second-order valence-corrected chi connectivity index (χ2v) is 3.88. The Morgan fingerprint density at radius 1 is 1.25 bits per heavy atom. The van der Waals surface area contributed by atoms with Crippen molar-refractivity contribution >= 4 is 0 Å². The topological polar surface area (TPSA) is 29.5 Å². The van der Waals surface area contributed by atoms with Gasteiger partial charge in [0.05, 0.1) is 5.60 Å². The van der Waals surface area contributed by atoms with Gasteiger partial charge in [-0.05, 0) is 25.7 Å². The van der Waals surface area contributed by atoms with Gasteiger partial charge in [0.1, 0.15) is 0 Å². The zero-order valence-corrected chi connectivity index (χ0v) is 8.01. The van der Waals surface area contributed by atoms with E-state index >= 15 is 0 Å². The molecule has 72 valence electrons. The van der Waals surface area contributed by atoms with E-state index in [0.717, 1.165) is 32.3 Å². The fourth-order valence-electron chi connectivity index (χ4n) is 2.01. The lowest BCUT2D eigenvalue weighted by Crippen LogP contribution is -2.31. The Bertz CT molecular complexity index is 117. The predicted molar refractivity (Wildman–Crippen MR) is 49.1 cm³/mol. The van der Waals surface area contributed by atoms with Crippen LogP contribution in [0.25, 0.3) is 0 Å². The average Bonchev–Trinajstić information content (AvgIpc) is 2.06. The molecule has 2 heteroatoms. The van der Waals surface area contributed by atoms with E-state index in [2.05, 4.69) is 0 Å². The molecule has 0 bridgehead atoms. The molecule has 0 radical (unpaired) electrons. The van der Waals surface area contributed by atoms with E-state index < -0.39 is 0 Å². The molecule has 0 aromatic rings. The minimum absolute atomic E-state index is 0.350. The van der Waals surface area contributed by atoms with Gasteiger partial charge in [0, 0.05) is 13.7 Å². The van der Waals surface area contributed by atoms with E-state index in [1.165, 1.54) is 19.3 Å². The van der Waals surface area contributed by atoms with Crippen molar-refractivity contribution in [2.24, 2.45) is 0 Å². The van der Waals surface area contributed by atoms with Crippen molar-refractivity contribution in [1.82, 2.24) is 0 Å². The quantitative estimate of drug-likeness (QED) is 0.658. The molecule has 12 heavy (non-hydrogen) atoms. The highest BCUT2D eigenvalue weighted by atomic mass is 16.5. The summed E-state index contributed by atoms with van der Waals surface area (Å²) in [5, 5.41) is 10.0. The van der Waals surface area contributed by atoms with Crippen molar-refractivity contribution < 1.29 is 9.84 Å². The molecule has 2 nitrogen and oxygen atoms in total. The lowest BCUT2D eigenvalue weighted by atomic mass is 9.82. The number of hydrogen-bond acceptors (Lipinski definition) is 2. The molecule has 1 aliphatic carbocycles. The van der Waals surface area contributed by atoms with Gasteiger partial charge in [0.15, 0.2) is 0 Å². The van der Waals surface area contributed by atoms with Crippen molar-refractivity contribution in [2.45, 2.75) is 50.5 Å². The van der Waals surface area contributed by atoms with Crippen molar-refractivity contribution in [2.75, 3.05) is 13.7 Å². The van der Waals surface area contributed by atoms with Crippen LogP contribution in [0.15, 0.2) is 0 Å². The summed E-state index contributed by atoms with van der Waals surface area (Å²) in [4.78, 5) is 0. The van der Waals surface area contributed by atoms with E-state index in [1.807, 2.05) is 0 Å². The lowest BCUT2D eigenvalue weighted by molar-refractivity contribution is -0.0102. The molecule has 1 fully saturated rings. The van der Waals surface area contributed by atoms with Crippen molar-refractivity contribution in [1.29, 1.82) is 0 Å². The van der Waals surface area contributed by atoms with Crippen LogP contribution in [0.1, 0.15) is 44.9 Å². The minimum atomic E-state index is -0.350. The van der Waals surface area contributed by atoms with Gasteiger partial charge in [-0.3, -0.25) is 0 Å². The molecule has 0 amide bonds. The largest absolute Gasteiger partial charge is 0.390 e. The third-order valence-corrected chi connectivity index (χ3v) is 2.77. The number of methoxy groups -OCH3 is 1. The predicted octanol–water partition coefficient (Wildman–Crippen LogP) is 2.11. The summed E-state index contributed by atoms with van der Waals surface area (Å²) in [6.45, 7) is 0.780. The normalized spacial score (nSPS) is 22.5. The van der Waals surface area contributed by atoms with Gasteiger partial charge in [-0.1, -0.05) is 19.3 Å². The number of hydrogen-bond donors (Lipinski definition) is 1. The Balaban J connectivity index is 2.17. The van der Waals surface area contributed by atoms with Crippen LogP contribution in [0.3, 0.4) is 0 Å². The molecule has 1 rings (SSSR count). The maximum absolute atomic E-state index is 10.0. The highest BCUT2D eigenvalue weighted by Crippen LogP contribution is 2.31. The third kappa shape index (κ3) is 3.11. The molecular weight excluding hydrogens is 152 g/mol. The van der Waals surface area contributed by atoms with Crippen LogP contribution in [-0.4, -0.2) is 24.4 Å². The first-order valence-electron chi connectivity index (χ1n) is 4.98. The molecule has 0 aliphatic heterocycles. The fraction of sp³-hybridized carbons (Fsp3) is 1.00.